The van der Waals surface area contributed by atoms with E-state index in [1.165, 1.54) is 39.9 Å². The minimum atomic E-state index is -3.74. The molecular formula is C22H19FN4O4S2. The van der Waals surface area contributed by atoms with E-state index in [4.69, 9.17) is 4.74 Å². The number of nitrogens with zero attached hydrogens (tertiary/aromatic N) is 3. The van der Waals surface area contributed by atoms with Crippen LogP contribution in [0.2, 0.25) is 0 Å². The van der Waals surface area contributed by atoms with Crippen molar-refractivity contribution in [3.8, 4) is 11.3 Å². The highest BCUT2D eigenvalue weighted by molar-refractivity contribution is 7.89. The molecule has 33 heavy (non-hydrogen) atoms. The van der Waals surface area contributed by atoms with Crippen molar-refractivity contribution in [2.24, 2.45) is 0 Å². The fourth-order valence-corrected chi connectivity index (χ4v) is 5.80. The molecule has 0 saturated carbocycles. The summed E-state index contributed by atoms with van der Waals surface area (Å²) < 4.78 is 47.7. The average Bonchev–Trinajstić information content (AvgIpc) is 3.43. The molecule has 5 rings (SSSR count). The lowest BCUT2D eigenvalue weighted by atomic mass is 10.1. The Morgan fingerprint density at radius 2 is 1.88 bits per heavy atom. The van der Waals surface area contributed by atoms with Gasteiger partial charge < -0.3 is 10.1 Å². The summed E-state index contributed by atoms with van der Waals surface area (Å²) in [4.78, 5) is 18.4. The number of aromatic nitrogens is 2. The predicted octanol–water partition coefficient (Wildman–Crippen LogP) is 3.48. The van der Waals surface area contributed by atoms with Gasteiger partial charge in [-0.3, -0.25) is 9.20 Å². The zero-order valence-corrected chi connectivity index (χ0v) is 18.9. The second-order valence-corrected chi connectivity index (χ2v) is 10.2. The van der Waals surface area contributed by atoms with Crippen molar-refractivity contribution >= 4 is 38.0 Å². The van der Waals surface area contributed by atoms with E-state index in [1.807, 2.05) is 5.38 Å². The summed E-state index contributed by atoms with van der Waals surface area (Å²) in [5.41, 5.74) is 1.33. The van der Waals surface area contributed by atoms with Crippen LogP contribution in [0.3, 0.4) is 0 Å². The largest absolute Gasteiger partial charge is 0.379 e. The molecule has 0 radical (unpaired) electrons. The Kier molecular flexibility index (Phi) is 5.71. The van der Waals surface area contributed by atoms with Crippen LogP contribution in [-0.4, -0.2) is 54.3 Å². The fraction of sp³-hybridized carbons (Fsp3) is 0.182. The second kappa shape index (κ2) is 8.67. The number of fused-ring (bicyclic) bond motifs is 1. The topological polar surface area (TPSA) is 93.0 Å². The van der Waals surface area contributed by atoms with Gasteiger partial charge in [0.05, 0.1) is 18.1 Å². The number of morpholine rings is 1. The maximum Gasteiger partial charge on any atom is 0.256 e. The van der Waals surface area contributed by atoms with Gasteiger partial charge in [-0.1, -0.05) is 6.07 Å². The van der Waals surface area contributed by atoms with Crippen LogP contribution in [0.1, 0.15) is 10.4 Å². The standard InChI is InChI=1S/C22H19FN4O4S2/c23-17-6-4-15(5-7-17)19-20(27-10-13-32-22(27)24-19)25-21(28)16-2-1-3-18(14-16)33(29,30)26-8-11-31-12-9-26/h1-7,10,13-14H,8-9,11-12H2,(H,25,28). The third kappa shape index (κ3) is 4.15. The number of imidazole rings is 1. The minimum Gasteiger partial charge on any atom is -0.379 e. The maximum absolute atomic E-state index is 13.4. The normalized spacial score (nSPS) is 15.1. The Labute approximate surface area is 193 Å². The second-order valence-electron chi connectivity index (χ2n) is 7.37. The van der Waals surface area contributed by atoms with Crippen LogP contribution in [0.4, 0.5) is 10.2 Å². The van der Waals surface area contributed by atoms with Crippen LogP contribution in [-0.2, 0) is 14.8 Å². The molecule has 8 nitrogen and oxygen atoms in total. The van der Waals surface area contributed by atoms with Crippen LogP contribution in [0.25, 0.3) is 16.2 Å². The van der Waals surface area contributed by atoms with Gasteiger partial charge in [0.2, 0.25) is 10.0 Å². The van der Waals surface area contributed by atoms with Crippen LogP contribution in [0.15, 0.2) is 65.0 Å². The van der Waals surface area contributed by atoms with Gasteiger partial charge in [-0.2, -0.15) is 4.31 Å². The van der Waals surface area contributed by atoms with Crippen molar-refractivity contribution in [1.82, 2.24) is 13.7 Å². The molecule has 0 unspecified atom stereocenters. The number of ether oxygens (including phenoxy) is 1. The number of carbonyl (C=O) groups excluding carboxylic acids is 1. The van der Waals surface area contributed by atoms with Gasteiger partial charge in [0, 0.05) is 35.8 Å². The summed E-state index contributed by atoms with van der Waals surface area (Å²) in [6.07, 6.45) is 1.77. The summed E-state index contributed by atoms with van der Waals surface area (Å²) in [6.45, 7) is 1.21. The first kappa shape index (κ1) is 21.7. The summed E-state index contributed by atoms with van der Waals surface area (Å²) in [5.74, 6) is -0.432. The predicted molar refractivity (Wildman–Crippen MR) is 122 cm³/mol. The van der Waals surface area contributed by atoms with E-state index in [1.54, 1.807) is 34.9 Å². The van der Waals surface area contributed by atoms with Crippen molar-refractivity contribution in [1.29, 1.82) is 0 Å². The molecule has 0 aliphatic carbocycles. The van der Waals surface area contributed by atoms with Gasteiger partial charge in [0.25, 0.3) is 5.91 Å². The molecule has 170 valence electrons. The molecule has 1 amide bonds. The number of benzene rings is 2. The van der Waals surface area contributed by atoms with Crippen molar-refractivity contribution < 1.29 is 22.3 Å². The Balaban J connectivity index is 1.47. The summed E-state index contributed by atoms with van der Waals surface area (Å²) in [5, 5.41) is 4.69. The highest BCUT2D eigenvalue weighted by atomic mass is 32.2. The summed E-state index contributed by atoms with van der Waals surface area (Å²) in [6, 6.07) is 11.8. The third-order valence-corrected chi connectivity index (χ3v) is 7.97. The van der Waals surface area contributed by atoms with Gasteiger partial charge in [-0.25, -0.2) is 17.8 Å². The smallest absolute Gasteiger partial charge is 0.256 e. The molecule has 1 aliphatic heterocycles. The molecule has 2 aromatic heterocycles. The number of hydrogen-bond donors (Lipinski definition) is 1. The van der Waals surface area contributed by atoms with E-state index < -0.39 is 15.9 Å². The molecule has 0 atom stereocenters. The number of hydrogen-bond acceptors (Lipinski definition) is 6. The molecular weight excluding hydrogens is 467 g/mol. The Morgan fingerprint density at radius 3 is 2.64 bits per heavy atom. The van der Waals surface area contributed by atoms with Crippen molar-refractivity contribution in [3.63, 3.8) is 0 Å². The molecule has 1 saturated heterocycles. The molecule has 11 heteroatoms. The van der Waals surface area contributed by atoms with Gasteiger partial charge in [0.15, 0.2) is 4.96 Å². The molecule has 0 bridgehead atoms. The SMILES string of the molecule is O=C(Nc1c(-c2ccc(F)cc2)nc2sccn12)c1cccc(S(=O)(=O)N2CCOCC2)c1. The Hall–Kier alpha value is -3.12. The van der Waals surface area contributed by atoms with E-state index >= 15 is 0 Å². The first-order valence-corrected chi connectivity index (χ1v) is 12.5. The van der Waals surface area contributed by atoms with Gasteiger partial charge in [-0.05, 0) is 42.5 Å². The first-order chi connectivity index (χ1) is 15.9. The van der Waals surface area contributed by atoms with Crippen molar-refractivity contribution in [3.05, 3.63) is 71.5 Å². The Bertz CT molecular complexity index is 1420. The summed E-state index contributed by atoms with van der Waals surface area (Å²) in [7, 11) is -3.74. The van der Waals surface area contributed by atoms with E-state index in [2.05, 4.69) is 10.3 Å². The van der Waals surface area contributed by atoms with Crippen molar-refractivity contribution in [2.45, 2.75) is 4.90 Å². The number of sulfonamides is 1. The van der Waals surface area contributed by atoms with E-state index in [0.717, 1.165) is 0 Å². The molecule has 1 N–H and O–H groups in total. The van der Waals surface area contributed by atoms with Gasteiger partial charge in [0.1, 0.15) is 17.3 Å². The van der Waals surface area contributed by atoms with E-state index in [0.29, 0.717) is 35.2 Å². The van der Waals surface area contributed by atoms with Crippen LogP contribution >= 0.6 is 11.3 Å². The number of thiazole rings is 1. The van der Waals surface area contributed by atoms with Gasteiger partial charge >= 0.3 is 0 Å². The molecule has 1 aliphatic rings. The maximum atomic E-state index is 13.4. The molecule has 3 heterocycles. The van der Waals surface area contributed by atoms with Gasteiger partial charge in [-0.15, -0.1) is 11.3 Å². The molecule has 1 fully saturated rings. The molecule has 4 aromatic rings. The monoisotopic (exact) mass is 486 g/mol. The number of rotatable bonds is 5. The lowest BCUT2D eigenvalue weighted by Gasteiger charge is -2.26. The molecule has 0 spiro atoms. The number of halogens is 1. The third-order valence-electron chi connectivity index (χ3n) is 5.32. The average molecular weight is 487 g/mol. The first-order valence-electron chi connectivity index (χ1n) is 10.1. The minimum absolute atomic E-state index is 0.0461. The lowest BCUT2D eigenvalue weighted by molar-refractivity contribution is 0.0730. The fourth-order valence-electron chi connectivity index (χ4n) is 3.63. The Morgan fingerprint density at radius 1 is 1.12 bits per heavy atom. The van der Waals surface area contributed by atoms with Crippen LogP contribution in [0, 0.1) is 5.82 Å². The number of amides is 1. The highest BCUT2D eigenvalue weighted by Crippen LogP contribution is 2.31. The highest BCUT2D eigenvalue weighted by Gasteiger charge is 2.27. The van der Waals surface area contributed by atoms with Crippen LogP contribution in [0.5, 0.6) is 0 Å². The van der Waals surface area contributed by atoms with Crippen molar-refractivity contribution in [2.75, 3.05) is 31.6 Å². The van der Waals surface area contributed by atoms with E-state index in [-0.39, 0.29) is 29.4 Å². The van der Waals surface area contributed by atoms with E-state index in [9.17, 15) is 17.6 Å². The molecule has 2 aromatic carbocycles. The van der Waals surface area contributed by atoms with Crippen LogP contribution < -0.4 is 5.32 Å². The zero-order chi connectivity index (χ0) is 23.0. The summed E-state index contributed by atoms with van der Waals surface area (Å²) >= 11 is 1.40. The quantitative estimate of drug-likeness (QED) is 0.466. The number of anilines is 1. The number of nitrogens with one attached hydrogen (secondary N) is 1. The number of carbonyl (C=O) groups is 1. The lowest BCUT2D eigenvalue weighted by Crippen LogP contribution is -2.40. The zero-order valence-electron chi connectivity index (χ0n) is 17.3.